The van der Waals surface area contributed by atoms with Gasteiger partial charge in [-0.15, -0.1) is 0 Å². The van der Waals surface area contributed by atoms with Gasteiger partial charge in [-0.1, -0.05) is 25.1 Å². The Bertz CT molecular complexity index is 1680. The summed E-state index contributed by atoms with van der Waals surface area (Å²) in [7, 11) is -2.21. The number of hydrogen-bond donors (Lipinski definition) is 1. The lowest BCUT2D eigenvalue weighted by Crippen LogP contribution is -2.53. The topological polar surface area (TPSA) is 99.3 Å². The number of carbonyl (C=O) groups is 2. The Balaban J connectivity index is 1.35. The number of nitrogens with one attached hydrogen (secondary N) is 1. The first-order valence-corrected chi connectivity index (χ1v) is 18.9. The maximum Gasteiger partial charge on any atom is 0.416 e. The van der Waals surface area contributed by atoms with E-state index in [9.17, 15) is 31.2 Å². The molecule has 276 valence electrons. The number of carbonyl (C=O) groups excluding carboxylic acids is 2. The van der Waals surface area contributed by atoms with Crippen LogP contribution in [0.15, 0.2) is 42.5 Å². The fourth-order valence-electron chi connectivity index (χ4n) is 7.51. The van der Waals surface area contributed by atoms with Gasteiger partial charge in [0.2, 0.25) is 21.6 Å². The van der Waals surface area contributed by atoms with Crippen LogP contribution in [0.3, 0.4) is 0 Å². The third-order valence-electron chi connectivity index (χ3n) is 10.8. The van der Waals surface area contributed by atoms with E-state index in [2.05, 4.69) is 0 Å². The van der Waals surface area contributed by atoms with Gasteiger partial charge in [0.15, 0.2) is 0 Å². The lowest BCUT2D eigenvalue weighted by molar-refractivity contribution is -0.145. The largest absolute Gasteiger partial charge is 0.497 e. The monoisotopic (exact) mass is 724 g/mol. The molecule has 2 aromatic rings. The van der Waals surface area contributed by atoms with Crippen LogP contribution >= 0.6 is 0 Å². The third kappa shape index (κ3) is 7.90. The van der Waals surface area contributed by atoms with Crippen LogP contribution in [-0.4, -0.2) is 93.9 Å². The van der Waals surface area contributed by atoms with Crippen molar-refractivity contribution >= 4 is 27.5 Å². The van der Waals surface area contributed by atoms with Crippen molar-refractivity contribution in [2.45, 2.75) is 82.6 Å². The normalized spacial score (nSPS) is 23.9. The molecular weight excluding hydrogens is 676 g/mol. The quantitative estimate of drug-likeness (QED) is 0.366. The number of nitrogens with zero attached hydrogens (tertiary/aromatic N) is 3. The van der Waals surface area contributed by atoms with Crippen LogP contribution < -0.4 is 14.4 Å². The number of ether oxygens (including phenoxy) is 1. The van der Waals surface area contributed by atoms with Gasteiger partial charge >= 0.3 is 6.18 Å². The Hall–Kier alpha value is -3.39. The van der Waals surface area contributed by atoms with E-state index in [-0.39, 0.29) is 57.0 Å². The zero-order valence-electron chi connectivity index (χ0n) is 29.6. The van der Waals surface area contributed by atoms with Crippen molar-refractivity contribution in [3.8, 4) is 5.75 Å². The van der Waals surface area contributed by atoms with E-state index in [0.717, 1.165) is 18.4 Å². The maximum absolute atomic E-state index is 17.3. The zero-order chi connectivity index (χ0) is 36.9. The van der Waals surface area contributed by atoms with Crippen molar-refractivity contribution in [2.24, 2.45) is 5.41 Å². The molecule has 0 bridgehead atoms. The molecule has 3 fully saturated rings. The fourth-order valence-corrected chi connectivity index (χ4v) is 8.09. The first-order valence-electron chi connectivity index (χ1n) is 17.0. The number of sulfonamides is 1. The van der Waals surface area contributed by atoms with Crippen LogP contribution in [0.1, 0.15) is 81.9 Å². The lowest BCUT2D eigenvalue weighted by atomic mass is 9.79. The molecule has 3 aliphatic rings. The second-order valence-electron chi connectivity index (χ2n) is 15.3. The molecular formula is C36H48F4N4O5S. The highest BCUT2D eigenvalue weighted by atomic mass is 32.2. The number of halogens is 4. The summed E-state index contributed by atoms with van der Waals surface area (Å²) in [4.78, 5) is 32.3. The molecule has 3 heterocycles. The molecule has 0 spiro atoms. The molecule has 0 radical (unpaired) electrons. The van der Waals surface area contributed by atoms with Gasteiger partial charge in [-0.3, -0.25) is 19.2 Å². The van der Waals surface area contributed by atoms with Crippen molar-refractivity contribution < 1.29 is 40.3 Å². The summed E-state index contributed by atoms with van der Waals surface area (Å²) in [6.45, 7) is 8.97. The minimum Gasteiger partial charge on any atom is -0.497 e. The molecule has 3 saturated heterocycles. The summed E-state index contributed by atoms with van der Waals surface area (Å²) in [6.07, 6.45) is -2.29. The van der Waals surface area contributed by atoms with Gasteiger partial charge in [0.1, 0.15) is 5.75 Å². The van der Waals surface area contributed by atoms with Crippen LogP contribution in [0, 0.1) is 5.41 Å². The summed E-state index contributed by atoms with van der Waals surface area (Å²) in [6, 6.07) is 10.8. The molecule has 0 unspecified atom stereocenters. The molecule has 2 aromatic carbocycles. The van der Waals surface area contributed by atoms with Crippen LogP contribution in [0.4, 0.5) is 23.2 Å². The molecule has 0 saturated carbocycles. The first-order chi connectivity index (χ1) is 23.1. The minimum absolute atomic E-state index is 0.0505. The van der Waals surface area contributed by atoms with Gasteiger partial charge in [-0.05, 0) is 87.8 Å². The Kier molecular flexibility index (Phi) is 10.3. The molecule has 3 aliphatic heterocycles. The number of piperidine rings is 2. The smallest absolute Gasteiger partial charge is 0.416 e. The van der Waals surface area contributed by atoms with E-state index in [1.54, 1.807) is 43.2 Å². The van der Waals surface area contributed by atoms with Crippen LogP contribution in [0.2, 0.25) is 0 Å². The summed E-state index contributed by atoms with van der Waals surface area (Å²) in [5.41, 5.74) is -2.49. The molecule has 0 aliphatic carbocycles. The number of likely N-dealkylation sites (tertiary alicyclic amines) is 2. The van der Waals surface area contributed by atoms with Crippen molar-refractivity contribution in [2.75, 3.05) is 57.5 Å². The number of amides is 2. The summed E-state index contributed by atoms with van der Waals surface area (Å²) in [5.74, 6) is -1.44. The number of methoxy groups -OCH3 is 1. The van der Waals surface area contributed by atoms with Gasteiger partial charge in [0, 0.05) is 56.4 Å². The van der Waals surface area contributed by atoms with E-state index in [1.807, 2.05) is 35.3 Å². The molecule has 1 N–H and O–H groups in total. The van der Waals surface area contributed by atoms with Crippen LogP contribution in [0.25, 0.3) is 0 Å². The average molecular weight is 725 g/mol. The second-order valence-corrected chi connectivity index (χ2v) is 17.1. The standard InChI is InChI=1S/C36H48F4N4O5S/c1-33(2,3)44-22-29(25-7-10-27(49-5)11-8-25)35(37,23-44)32(46)43-17-13-24(14-18-43)28-12-9-26(36(38,39)40)21-30(28)42-19-15-34(4,16-20-42)31(45)41-50(6,47)48/h7-12,21,24,29H,13-20,22-23H2,1-6H3,(H,41,45)/t29-,35-/m0/s1. The SMILES string of the molecule is COc1ccc([C@@H]2CN(C(C)(C)C)C[C@@]2(F)C(=O)N2CCC(c3ccc(C(F)(F)F)cc3N3CCC(C)(C(=O)NS(C)(=O)=O)CC3)CC2)cc1. The molecule has 2 atom stereocenters. The summed E-state index contributed by atoms with van der Waals surface area (Å²) in [5, 5.41) is 0. The van der Waals surface area contributed by atoms with Crippen LogP contribution in [0.5, 0.6) is 5.75 Å². The van der Waals surface area contributed by atoms with Gasteiger partial charge in [-0.25, -0.2) is 12.8 Å². The van der Waals surface area contributed by atoms with Gasteiger partial charge in [0.05, 0.1) is 24.3 Å². The summed E-state index contributed by atoms with van der Waals surface area (Å²) >= 11 is 0. The van der Waals surface area contributed by atoms with Gasteiger partial charge in [-0.2, -0.15) is 13.2 Å². The highest BCUT2D eigenvalue weighted by molar-refractivity contribution is 7.89. The minimum atomic E-state index is -4.57. The number of anilines is 1. The Morgan fingerprint density at radius 1 is 0.960 bits per heavy atom. The van der Waals surface area contributed by atoms with E-state index < -0.39 is 50.6 Å². The van der Waals surface area contributed by atoms with E-state index in [1.165, 1.54) is 6.07 Å². The molecule has 0 aromatic heterocycles. The molecule has 2 amide bonds. The maximum atomic E-state index is 17.3. The van der Waals surface area contributed by atoms with Crippen molar-refractivity contribution in [3.63, 3.8) is 0 Å². The highest BCUT2D eigenvalue weighted by Crippen LogP contribution is 2.46. The first kappa shape index (κ1) is 37.9. The predicted octanol–water partition coefficient (Wildman–Crippen LogP) is 5.71. The average Bonchev–Trinajstić information content (AvgIpc) is 3.42. The highest BCUT2D eigenvalue weighted by Gasteiger charge is 2.57. The fraction of sp³-hybridized carbons (Fsp3) is 0.611. The van der Waals surface area contributed by atoms with E-state index in [0.29, 0.717) is 42.0 Å². The second kappa shape index (κ2) is 13.6. The molecule has 5 rings (SSSR count). The van der Waals surface area contributed by atoms with Crippen molar-refractivity contribution in [1.82, 2.24) is 14.5 Å². The molecule has 14 heteroatoms. The van der Waals surface area contributed by atoms with Crippen molar-refractivity contribution in [3.05, 3.63) is 59.2 Å². The Labute approximate surface area is 292 Å². The van der Waals surface area contributed by atoms with E-state index in [4.69, 9.17) is 4.74 Å². The van der Waals surface area contributed by atoms with Gasteiger partial charge < -0.3 is 14.5 Å². The lowest BCUT2D eigenvalue weighted by Gasteiger charge is -2.42. The molecule has 50 heavy (non-hydrogen) atoms. The predicted molar refractivity (Wildman–Crippen MR) is 183 cm³/mol. The number of benzene rings is 2. The zero-order valence-corrected chi connectivity index (χ0v) is 30.4. The Morgan fingerprint density at radius 2 is 1.56 bits per heavy atom. The van der Waals surface area contributed by atoms with Crippen molar-refractivity contribution in [1.29, 1.82) is 0 Å². The van der Waals surface area contributed by atoms with Gasteiger partial charge in [0.25, 0.3) is 5.91 Å². The summed E-state index contributed by atoms with van der Waals surface area (Å²) < 4.78 is 89.6. The third-order valence-corrected chi connectivity index (χ3v) is 11.4. The van der Waals surface area contributed by atoms with Crippen LogP contribution in [-0.2, 0) is 25.8 Å². The number of hydrogen-bond acceptors (Lipinski definition) is 7. The number of alkyl halides is 4. The number of rotatable bonds is 7. The molecule has 9 nitrogen and oxygen atoms in total. The Morgan fingerprint density at radius 3 is 2.08 bits per heavy atom. The van der Waals surface area contributed by atoms with E-state index >= 15 is 4.39 Å².